The lowest BCUT2D eigenvalue weighted by Gasteiger charge is -2.20. The Morgan fingerprint density at radius 3 is 2.30 bits per heavy atom. The molecule has 0 aliphatic carbocycles. The summed E-state index contributed by atoms with van der Waals surface area (Å²) in [6, 6.07) is 3.11. The number of halogens is 3. The molecule has 0 saturated carbocycles. The Morgan fingerprint density at radius 1 is 1.17 bits per heavy atom. The van der Waals surface area contributed by atoms with Gasteiger partial charge in [-0.15, -0.1) is 0 Å². The number of rotatable bonds is 2. The molecule has 0 radical (unpaired) electrons. The van der Waals surface area contributed by atoms with Crippen LogP contribution in [0.15, 0.2) is 30.7 Å². The van der Waals surface area contributed by atoms with Crippen LogP contribution < -0.4 is 0 Å². The summed E-state index contributed by atoms with van der Waals surface area (Å²) >= 11 is 0. The average Bonchev–Trinajstić information content (AvgIpc) is 2.82. The molecule has 0 bridgehead atoms. The van der Waals surface area contributed by atoms with Crippen LogP contribution >= 0.6 is 0 Å². The fraction of sp³-hybridized carbons (Fsp3) is 0.375. The van der Waals surface area contributed by atoms with Crippen molar-refractivity contribution in [2.24, 2.45) is 7.05 Å². The molecule has 1 aromatic heterocycles. The first-order chi connectivity index (χ1) is 10.5. The standard InChI is InChI=1S/C16H17F3N2O2/c1-15(2,3)23-14(22)11-5-10(13-8-21(4)9-20-13)6-12(7-11)16(17,18)19/h5-9H,1-4H3. The summed E-state index contributed by atoms with van der Waals surface area (Å²) in [5.74, 6) is -0.805. The summed E-state index contributed by atoms with van der Waals surface area (Å²) in [4.78, 5) is 16.1. The van der Waals surface area contributed by atoms with Crippen LogP contribution in [0.1, 0.15) is 36.7 Å². The molecule has 2 aromatic rings. The summed E-state index contributed by atoms with van der Waals surface area (Å²) in [5.41, 5.74) is -1.31. The number of hydrogen-bond donors (Lipinski definition) is 0. The minimum atomic E-state index is -4.57. The zero-order valence-electron chi connectivity index (χ0n) is 13.2. The van der Waals surface area contributed by atoms with Gasteiger partial charge in [0.15, 0.2) is 0 Å². The molecule has 0 unspecified atom stereocenters. The molecule has 1 heterocycles. The van der Waals surface area contributed by atoms with E-state index >= 15 is 0 Å². The number of imidazole rings is 1. The van der Waals surface area contributed by atoms with Crippen LogP contribution in [-0.4, -0.2) is 21.1 Å². The van der Waals surface area contributed by atoms with Gasteiger partial charge in [0.05, 0.1) is 23.1 Å². The van der Waals surface area contributed by atoms with Crippen LogP contribution in [-0.2, 0) is 18.0 Å². The number of aryl methyl sites for hydroxylation is 1. The Kier molecular flexibility index (Phi) is 4.24. The van der Waals surface area contributed by atoms with Gasteiger partial charge in [-0.2, -0.15) is 13.2 Å². The van der Waals surface area contributed by atoms with Gasteiger partial charge in [-0.3, -0.25) is 0 Å². The first-order valence-corrected chi connectivity index (χ1v) is 6.90. The largest absolute Gasteiger partial charge is 0.456 e. The minimum absolute atomic E-state index is 0.157. The van der Waals surface area contributed by atoms with E-state index < -0.39 is 23.3 Å². The normalized spacial score (nSPS) is 12.3. The number of alkyl halides is 3. The lowest BCUT2D eigenvalue weighted by atomic mass is 10.0. The fourth-order valence-corrected chi connectivity index (χ4v) is 1.96. The number of benzene rings is 1. The minimum Gasteiger partial charge on any atom is -0.456 e. The molecular formula is C16H17F3N2O2. The lowest BCUT2D eigenvalue weighted by Crippen LogP contribution is -2.24. The highest BCUT2D eigenvalue weighted by Crippen LogP contribution is 2.33. The van der Waals surface area contributed by atoms with Crippen LogP contribution in [0.3, 0.4) is 0 Å². The fourth-order valence-electron chi connectivity index (χ4n) is 1.96. The first-order valence-electron chi connectivity index (χ1n) is 6.90. The molecule has 7 heteroatoms. The van der Waals surface area contributed by atoms with Crippen LogP contribution in [0.2, 0.25) is 0 Å². The maximum absolute atomic E-state index is 13.1. The summed E-state index contributed by atoms with van der Waals surface area (Å²) < 4.78 is 46.0. The van der Waals surface area contributed by atoms with Crippen molar-refractivity contribution in [1.82, 2.24) is 9.55 Å². The molecule has 1 aromatic carbocycles. The van der Waals surface area contributed by atoms with Gasteiger partial charge in [0.25, 0.3) is 0 Å². The van der Waals surface area contributed by atoms with Crippen molar-refractivity contribution in [3.05, 3.63) is 41.9 Å². The van der Waals surface area contributed by atoms with E-state index in [4.69, 9.17) is 4.74 Å². The van der Waals surface area contributed by atoms with E-state index in [1.54, 1.807) is 38.6 Å². The summed E-state index contributed by atoms with van der Waals surface area (Å²) in [7, 11) is 1.71. The number of nitrogens with zero attached hydrogens (tertiary/aromatic N) is 2. The van der Waals surface area contributed by atoms with Gasteiger partial charge < -0.3 is 9.30 Å². The van der Waals surface area contributed by atoms with Gasteiger partial charge in [0, 0.05) is 18.8 Å². The predicted octanol–water partition coefficient (Wildman–Crippen LogP) is 4.06. The number of ether oxygens (including phenoxy) is 1. The van der Waals surface area contributed by atoms with E-state index in [9.17, 15) is 18.0 Å². The van der Waals surface area contributed by atoms with Crippen molar-refractivity contribution in [3.8, 4) is 11.3 Å². The van der Waals surface area contributed by atoms with Gasteiger partial charge in [-0.1, -0.05) is 0 Å². The zero-order valence-corrected chi connectivity index (χ0v) is 13.2. The second-order valence-electron chi connectivity index (χ2n) is 6.22. The Balaban J connectivity index is 2.52. The highest BCUT2D eigenvalue weighted by atomic mass is 19.4. The molecule has 0 aliphatic rings. The molecule has 0 spiro atoms. The Hall–Kier alpha value is -2.31. The molecule has 0 saturated heterocycles. The predicted molar refractivity (Wildman–Crippen MR) is 78.8 cm³/mol. The topological polar surface area (TPSA) is 44.1 Å². The maximum atomic E-state index is 13.1. The molecule has 0 amide bonds. The Labute approximate surface area is 131 Å². The van der Waals surface area contributed by atoms with Crippen LogP contribution in [0.5, 0.6) is 0 Å². The molecule has 0 aliphatic heterocycles. The second kappa shape index (κ2) is 5.72. The smallest absolute Gasteiger partial charge is 0.416 e. The lowest BCUT2D eigenvalue weighted by molar-refractivity contribution is -0.137. The van der Waals surface area contributed by atoms with Crippen LogP contribution in [0.4, 0.5) is 13.2 Å². The van der Waals surface area contributed by atoms with Crippen LogP contribution in [0.25, 0.3) is 11.3 Å². The molecular weight excluding hydrogens is 309 g/mol. The Bertz CT molecular complexity index is 728. The molecule has 124 valence electrons. The molecule has 0 fully saturated rings. The number of hydrogen-bond acceptors (Lipinski definition) is 3. The van der Waals surface area contributed by atoms with Crippen molar-refractivity contribution < 1.29 is 22.7 Å². The van der Waals surface area contributed by atoms with Crippen molar-refractivity contribution in [2.75, 3.05) is 0 Å². The van der Waals surface area contributed by atoms with Gasteiger partial charge in [0.1, 0.15) is 5.60 Å². The Morgan fingerprint density at radius 2 is 1.83 bits per heavy atom. The highest BCUT2D eigenvalue weighted by molar-refractivity contribution is 5.91. The zero-order chi connectivity index (χ0) is 17.4. The number of esters is 1. The molecule has 23 heavy (non-hydrogen) atoms. The van der Waals surface area contributed by atoms with Gasteiger partial charge >= 0.3 is 12.1 Å². The third kappa shape index (κ3) is 4.34. The number of aromatic nitrogens is 2. The van der Waals surface area contributed by atoms with E-state index in [0.717, 1.165) is 12.1 Å². The summed E-state index contributed by atoms with van der Waals surface area (Å²) in [6.07, 6.45) is -1.52. The SMILES string of the molecule is Cn1cnc(-c2cc(C(=O)OC(C)(C)C)cc(C(F)(F)F)c2)c1. The third-order valence-electron chi connectivity index (χ3n) is 2.90. The van der Waals surface area contributed by atoms with E-state index in [2.05, 4.69) is 4.98 Å². The quantitative estimate of drug-likeness (QED) is 0.782. The van der Waals surface area contributed by atoms with Gasteiger partial charge in [-0.25, -0.2) is 9.78 Å². The molecule has 2 rings (SSSR count). The molecule has 0 atom stereocenters. The molecule has 0 N–H and O–H groups in total. The van der Waals surface area contributed by atoms with Gasteiger partial charge in [0.2, 0.25) is 0 Å². The second-order valence-corrected chi connectivity index (χ2v) is 6.22. The summed E-state index contributed by atoms with van der Waals surface area (Å²) in [5, 5.41) is 0. The number of carbonyl (C=O) groups is 1. The average molecular weight is 326 g/mol. The maximum Gasteiger partial charge on any atom is 0.416 e. The highest BCUT2D eigenvalue weighted by Gasteiger charge is 2.32. The van der Waals surface area contributed by atoms with E-state index in [0.29, 0.717) is 5.69 Å². The monoisotopic (exact) mass is 326 g/mol. The van der Waals surface area contributed by atoms with Crippen molar-refractivity contribution in [1.29, 1.82) is 0 Å². The third-order valence-corrected chi connectivity index (χ3v) is 2.90. The summed E-state index contributed by atoms with van der Waals surface area (Å²) in [6.45, 7) is 4.95. The van der Waals surface area contributed by atoms with E-state index in [1.807, 2.05) is 0 Å². The van der Waals surface area contributed by atoms with Crippen molar-refractivity contribution in [2.45, 2.75) is 32.5 Å². The first kappa shape index (κ1) is 17.1. The van der Waals surface area contributed by atoms with E-state index in [-0.39, 0.29) is 11.1 Å². The number of carbonyl (C=O) groups excluding carboxylic acids is 1. The van der Waals surface area contributed by atoms with Crippen LogP contribution in [0, 0.1) is 0 Å². The van der Waals surface area contributed by atoms with E-state index in [1.165, 1.54) is 12.4 Å². The van der Waals surface area contributed by atoms with Gasteiger partial charge in [-0.05, 0) is 39.0 Å². The van der Waals surface area contributed by atoms with Crippen molar-refractivity contribution in [3.63, 3.8) is 0 Å². The molecule has 4 nitrogen and oxygen atoms in total. The van der Waals surface area contributed by atoms with Crippen molar-refractivity contribution >= 4 is 5.97 Å².